The van der Waals surface area contributed by atoms with Crippen molar-refractivity contribution in [3.05, 3.63) is 29.6 Å². The van der Waals surface area contributed by atoms with Crippen LogP contribution in [0.1, 0.15) is 25.0 Å². The summed E-state index contributed by atoms with van der Waals surface area (Å²) in [6, 6.07) is 4.14. The predicted molar refractivity (Wildman–Crippen MR) is 54.2 cm³/mol. The summed E-state index contributed by atoms with van der Waals surface area (Å²) in [6.45, 7) is 1.72. The zero-order valence-electron chi connectivity index (χ0n) is 8.77. The lowest BCUT2D eigenvalue weighted by Gasteiger charge is -2.17. The molecule has 0 amide bonds. The summed E-state index contributed by atoms with van der Waals surface area (Å²) >= 11 is 0. The molecule has 0 bridgehead atoms. The lowest BCUT2D eigenvalue weighted by Crippen LogP contribution is -2.18. The van der Waals surface area contributed by atoms with Crippen molar-refractivity contribution in [1.82, 2.24) is 0 Å². The molecule has 0 aliphatic heterocycles. The van der Waals surface area contributed by atoms with Crippen molar-refractivity contribution < 1.29 is 19.3 Å². The monoisotopic (exact) mass is 214 g/mol. The molecule has 0 spiro atoms. The van der Waals surface area contributed by atoms with Gasteiger partial charge in [0.05, 0.1) is 13.2 Å². The first kappa shape index (κ1) is 11.9. The van der Waals surface area contributed by atoms with Gasteiger partial charge < -0.3 is 14.9 Å². The number of rotatable bonds is 4. The Morgan fingerprint density at radius 1 is 1.40 bits per heavy atom. The van der Waals surface area contributed by atoms with E-state index in [1.165, 1.54) is 19.2 Å². The lowest BCUT2D eigenvalue weighted by molar-refractivity contribution is 0.0144. The molecule has 84 valence electrons. The SMILES string of the molecule is CCC(O)C(O)c1ccc(OC)cc1F. The number of hydrogen-bond acceptors (Lipinski definition) is 3. The third kappa shape index (κ3) is 2.67. The summed E-state index contributed by atoms with van der Waals surface area (Å²) in [4.78, 5) is 0. The van der Waals surface area contributed by atoms with Crippen LogP contribution in [0.2, 0.25) is 0 Å². The predicted octanol–water partition coefficient (Wildman–Crippen LogP) is 1.64. The number of methoxy groups -OCH3 is 1. The topological polar surface area (TPSA) is 49.7 Å². The summed E-state index contributed by atoms with van der Waals surface area (Å²) in [6.07, 6.45) is -1.78. The van der Waals surface area contributed by atoms with E-state index < -0.39 is 18.0 Å². The minimum atomic E-state index is -1.19. The van der Waals surface area contributed by atoms with Gasteiger partial charge >= 0.3 is 0 Å². The fourth-order valence-corrected chi connectivity index (χ4v) is 1.31. The Morgan fingerprint density at radius 3 is 2.53 bits per heavy atom. The Morgan fingerprint density at radius 2 is 2.07 bits per heavy atom. The van der Waals surface area contributed by atoms with Crippen molar-refractivity contribution in [3.63, 3.8) is 0 Å². The van der Waals surface area contributed by atoms with Crippen LogP contribution in [0.25, 0.3) is 0 Å². The summed E-state index contributed by atoms with van der Waals surface area (Å²) in [5, 5.41) is 19.0. The zero-order valence-corrected chi connectivity index (χ0v) is 8.77. The highest BCUT2D eigenvalue weighted by Gasteiger charge is 2.20. The van der Waals surface area contributed by atoms with Crippen LogP contribution < -0.4 is 4.74 Å². The third-order valence-electron chi connectivity index (χ3n) is 2.31. The second-order valence-electron chi connectivity index (χ2n) is 3.31. The Labute approximate surface area is 88.1 Å². The molecule has 2 atom stereocenters. The van der Waals surface area contributed by atoms with Gasteiger partial charge in [-0.15, -0.1) is 0 Å². The number of aliphatic hydroxyl groups excluding tert-OH is 2. The van der Waals surface area contributed by atoms with E-state index in [1.54, 1.807) is 13.0 Å². The third-order valence-corrected chi connectivity index (χ3v) is 2.31. The van der Waals surface area contributed by atoms with Crippen molar-refractivity contribution in [2.24, 2.45) is 0 Å². The molecular formula is C11H15FO3. The molecule has 15 heavy (non-hydrogen) atoms. The van der Waals surface area contributed by atoms with Crippen molar-refractivity contribution >= 4 is 0 Å². The number of aliphatic hydroxyl groups is 2. The highest BCUT2D eigenvalue weighted by molar-refractivity contribution is 5.30. The van der Waals surface area contributed by atoms with Gasteiger partial charge in [-0.2, -0.15) is 0 Å². The maximum Gasteiger partial charge on any atom is 0.132 e. The molecular weight excluding hydrogens is 199 g/mol. The molecule has 0 aliphatic rings. The molecule has 0 saturated heterocycles. The number of ether oxygens (including phenoxy) is 1. The number of benzene rings is 1. The van der Waals surface area contributed by atoms with Crippen molar-refractivity contribution in [3.8, 4) is 5.75 Å². The van der Waals surface area contributed by atoms with Gasteiger partial charge in [0.2, 0.25) is 0 Å². The van der Waals surface area contributed by atoms with Gasteiger partial charge in [-0.05, 0) is 18.6 Å². The van der Waals surface area contributed by atoms with Crippen LogP contribution in [-0.4, -0.2) is 23.4 Å². The maximum atomic E-state index is 13.4. The zero-order chi connectivity index (χ0) is 11.4. The van der Waals surface area contributed by atoms with Gasteiger partial charge in [0.25, 0.3) is 0 Å². The van der Waals surface area contributed by atoms with Crippen molar-refractivity contribution in [1.29, 1.82) is 0 Å². The second-order valence-corrected chi connectivity index (χ2v) is 3.31. The molecule has 0 saturated carbocycles. The second kappa shape index (κ2) is 5.09. The van der Waals surface area contributed by atoms with E-state index in [1.807, 2.05) is 0 Å². The Hall–Kier alpha value is -1.13. The van der Waals surface area contributed by atoms with E-state index in [9.17, 15) is 14.6 Å². The summed E-state index contributed by atoms with van der Waals surface area (Å²) in [7, 11) is 1.44. The minimum absolute atomic E-state index is 0.0881. The molecule has 0 fully saturated rings. The molecule has 0 radical (unpaired) electrons. The summed E-state index contributed by atoms with van der Waals surface area (Å²) < 4.78 is 18.3. The molecule has 4 heteroatoms. The van der Waals surface area contributed by atoms with Gasteiger partial charge in [-0.3, -0.25) is 0 Å². The maximum absolute atomic E-state index is 13.4. The average Bonchev–Trinajstić information content (AvgIpc) is 2.26. The van der Waals surface area contributed by atoms with E-state index in [2.05, 4.69) is 0 Å². The van der Waals surface area contributed by atoms with Crippen LogP contribution in [0.15, 0.2) is 18.2 Å². The minimum Gasteiger partial charge on any atom is -0.497 e. The fourth-order valence-electron chi connectivity index (χ4n) is 1.31. The van der Waals surface area contributed by atoms with Crippen LogP contribution in [0, 0.1) is 5.82 Å². The first-order valence-electron chi connectivity index (χ1n) is 4.79. The van der Waals surface area contributed by atoms with Crippen LogP contribution in [0.4, 0.5) is 4.39 Å². The van der Waals surface area contributed by atoms with Crippen LogP contribution in [0.5, 0.6) is 5.75 Å². The molecule has 0 heterocycles. The molecule has 0 aromatic heterocycles. The van der Waals surface area contributed by atoms with Crippen LogP contribution in [0.3, 0.4) is 0 Å². The Kier molecular flexibility index (Phi) is 4.05. The number of hydrogen-bond donors (Lipinski definition) is 2. The highest BCUT2D eigenvalue weighted by Crippen LogP contribution is 2.24. The smallest absolute Gasteiger partial charge is 0.132 e. The normalized spacial score (nSPS) is 14.7. The first-order chi connectivity index (χ1) is 7.10. The van der Waals surface area contributed by atoms with Crippen molar-refractivity contribution in [2.45, 2.75) is 25.6 Å². The molecule has 1 aromatic carbocycles. The average molecular weight is 214 g/mol. The quantitative estimate of drug-likeness (QED) is 0.801. The highest BCUT2D eigenvalue weighted by atomic mass is 19.1. The van der Waals surface area contributed by atoms with E-state index in [-0.39, 0.29) is 5.56 Å². The van der Waals surface area contributed by atoms with Gasteiger partial charge in [0, 0.05) is 11.6 Å². The molecule has 0 aliphatic carbocycles. The molecule has 2 N–H and O–H groups in total. The van der Waals surface area contributed by atoms with E-state index in [4.69, 9.17) is 4.74 Å². The number of halogens is 1. The van der Waals surface area contributed by atoms with E-state index in [0.717, 1.165) is 0 Å². The van der Waals surface area contributed by atoms with Gasteiger partial charge in [0.15, 0.2) is 0 Å². The summed E-state index contributed by atoms with van der Waals surface area (Å²) in [5.74, 6) is -0.191. The lowest BCUT2D eigenvalue weighted by atomic mass is 10.0. The van der Waals surface area contributed by atoms with Crippen LogP contribution >= 0.6 is 0 Å². The fraction of sp³-hybridized carbons (Fsp3) is 0.455. The summed E-state index contributed by atoms with van der Waals surface area (Å²) in [5.41, 5.74) is 0.0881. The molecule has 1 aromatic rings. The molecule has 3 nitrogen and oxygen atoms in total. The first-order valence-corrected chi connectivity index (χ1v) is 4.79. The van der Waals surface area contributed by atoms with Gasteiger partial charge in [-0.25, -0.2) is 4.39 Å². The van der Waals surface area contributed by atoms with Crippen molar-refractivity contribution in [2.75, 3.05) is 7.11 Å². The molecule has 2 unspecified atom stereocenters. The van der Waals surface area contributed by atoms with E-state index >= 15 is 0 Å². The Balaban J connectivity index is 2.95. The van der Waals surface area contributed by atoms with E-state index in [0.29, 0.717) is 12.2 Å². The Bertz CT molecular complexity index is 328. The van der Waals surface area contributed by atoms with Gasteiger partial charge in [-0.1, -0.05) is 6.92 Å². The largest absolute Gasteiger partial charge is 0.497 e. The standard InChI is InChI=1S/C11H15FO3/c1-3-10(13)11(14)8-5-4-7(15-2)6-9(8)12/h4-6,10-11,13-14H,3H2,1-2H3. The van der Waals surface area contributed by atoms with Crippen LogP contribution in [-0.2, 0) is 0 Å². The van der Waals surface area contributed by atoms with Gasteiger partial charge in [0.1, 0.15) is 17.7 Å². The molecule has 1 rings (SSSR count).